The number of nitrogens with two attached hydrogens (primary N) is 1. The molecule has 0 bridgehead atoms. The van der Waals surface area contributed by atoms with Crippen molar-refractivity contribution in [3.8, 4) is 0 Å². The molecule has 1 rings (SSSR count). The number of hydrogen-bond acceptors (Lipinski definition) is 4. The van der Waals surface area contributed by atoms with Crippen molar-refractivity contribution < 1.29 is 19.4 Å². The number of carboxylic acid groups (broad SMARTS) is 1. The van der Waals surface area contributed by atoms with Gasteiger partial charge < -0.3 is 20.5 Å². The van der Waals surface area contributed by atoms with Crippen LogP contribution in [0.15, 0.2) is 0 Å². The van der Waals surface area contributed by atoms with Crippen LogP contribution < -0.4 is 5.73 Å². The molecule has 6 nitrogen and oxygen atoms in total. The molecule has 1 aliphatic heterocycles. The SMILES string of the molecule is NC(=O)CCCOC1CCCN(CCC(=O)O)C1. The standard InChI is InChI=1S/C12H22N2O4/c13-11(15)4-2-8-18-10-3-1-6-14(9-10)7-5-12(16)17/h10H,1-9H2,(H2,13,15)(H,16,17). The van der Waals surface area contributed by atoms with Crippen molar-refractivity contribution in [2.75, 3.05) is 26.2 Å². The fourth-order valence-corrected chi connectivity index (χ4v) is 2.10. The first kappa shape index (κ1) is 14.9. The number of carbonyl (C=O) groups is 2. The summed E-state index contributed by atoms with van der Waals surface area (Å²) in [5, 5.41) is 8.63. The summed E-state index contributed by atoms with van der Waals surface area (Å²) >= 11 is 0. The number of aliphatic carboxylic acids is 1. The van der Waals surface area contributed by atoms with Crippen LogP contribution in [0.5, 0.6) is 0 Å². The summed E-state index contributed by atoms with van der Waals surface area (Å²) < 4.78 is 5.67. The molecule has 1 unspecified atom stereocenters. The highest BCUT2D eigenvalue weighted by Crippen LogP contribution is 2.13. The fourth-order valence-electron chi connectivity index (χ4n) is 2.10. The molecule has 18 heavy (non-hydrogen) atoms. The molecule has 0 aromatic carbocycles. The van der Waals surface area contributed by atoms with E-state index in [9.17, 15) is 9.59 Å². The van der Waals surface area contributed by atoms with E-state index >= 15 is 0 Å². The van der Waals surface area contributed by atoms with Gasteiger partial charge >= 0.3 is 5.97 Å². The summed E-state index contributed by atoms with van der Waals surface area (Å²) in [6, 6.07) is 0. The smallest absolute Gasteiger partial charge is 0.304 e. The van der Waals surface area contributed by atoms with Gasteiger partial charge in [0.1, 0.15) is 0 Å². The zero-order chi connectivity index (χ0) is 13.4. The highest BCUT2D eigenvalue weighted by Gasteiger charge is 2.20. The molecule has 6 heteroatoms. The Bertz CT molecular complexity index is 283. The third-order valence-corrected chi connectivity index (χ3v) is 3.03. The first-order valence-corrected chi connectivity index (χ1v) is 6.42. The van der Waals surface area contributed by atoms with Crippen LogP contribution in [0.1, 0.15) is 32.1 Å². The lowest BCUT2D eigenvalue weighted by Gasteiger charge is -2.32. The average Bonchev–Trinajstić information content (AvgIpc) is 2.32. The second-order valence-corrected chi connectivity index (χ2v) is 4.65. The van der Waals surface area contributed by atoms with E-state index in [2.05, 4.69) is 4.90 Å². The largest absolute Gasteiger partial charge is 0.481 e. The molecule has 1 saturated heterocycles. The van der Waals surface area contributed by atoms with Crippen molar-refractivity contribution in [2.45, 2.75) is 38.2 Å². The minimum absolute atomic E-state index is 0.153. The van der Waals surface area contributed by atoms with E-state index in [0.717, 1.165) is 25.9 Å². The van der Waals surface area contributed by atoms with Crippen molar-refractivity contribution in [3.05, 3.63) is 0 Å². The second-order valence-electron chi connectivity index (χ2n) is 4.65. The minimum Gasteiger partial charge on any atom is -0.481 e. The van der Waals surface area contributed by atoms with Crippen molar-refractivity contribution in [1.29, 1.82) is 0 Å². The van der Waals surface area contributed by atoms with E-state index in [1.54, 1.807) is 0 Å². The van der Waals surface area contributed by atoms with Crippen molar-refractivity contribution in [3.63, 3.8) is 0 Å². The predicted octanol–water partition coefficient (Wildman–Crippen LogP) is 0.208. The van der Waals surface area contributed by atoms with Crippen molar-refractivity contribution >= 4 is 11.9 Å². The molecule has 1 fully saturated rings. The lowest BCUT2D eigenvalue weighted by Crippen LogP contribution is -2.40. The topological polar surface area (TPSA) is 92.9 Å². The Morgan fingerprint density at radius 3 is 2.83 bits per heavy atom. The second kappa shape index (κ2) is 8.05. The Hall–Kier alpha value is -1.14. The van der Waals surface area contributed by atoms with E-state index in [4.69, 9.17) is 15.6 Å². The molecule has 1 amide bonds. The lowest BCUT2D eigenvalue weighted by atomic mass is 10.1. The van der Waals surface area contributed by atoms with Gasteiger partial charge in [0, 0.05) is 26.1 Å². The van der Waals surface area contributed by atoms with Gasteiger partial charge in [-0.1, -0.05) is 0 Å². The summed E-state index contributed by atoms with van der Waals surface area (Å²) in [6.07, 6.45) is 3.37. The van der Waals surface area contributed by atoms with Gasteiger partial charge in [0.05, 0.1) is 12.5 Å². The van der Waals surface area contributed by atoms with Crippen LogP contribution in [0.25, 0.3) is 0 Å². The van der Waals surface area contributed by atoms with Gasteiger partial charge in [0.25, 0.3) is 0 Å². The Morgan fingerprint density at radius 1 is 1.39 bits per heavy atom. The molecule has 104 valence electrons. The Morgan fingerprint density at radius 2 is 2.17 bits per heavy atom. The molecular formula is C12H22N2O4. The molecule has 1 heterocycles. The zero-order valence-corrected chi connectivity index (χ0v) is 10.6. The molecule has 3 N–H and O–H groups in total. The maximum atomic E-state index is 10.6. The number of rotatable bonds is 8. The first-order valence-electron chi connectivity index (χ1n) is 6.42. The fraction of sp³-hybridized carbons (Fsp3) is 0.833. The maximum absolute atomic E-state index is 10.6. The lowest BCUT2D eigenvalue weighted by molar-refractivity contribution is -0.137. The van der Waals surface area contributed by atoms with Crippen molar-refractivity contribution in [2.24, 2.45) is 5.73 Å². The summed E-state index contributed by atoms with van der Waals surface area (Å²) in [6.45, 7) is 2.84. The number of likely N-dealkylation sites (tertiary alicyclic amines) is 1. The van der Waals surface area contributed by atoms with Crippen LogP contribution in [0.3, 0.4) is 0 Å². The molecule has 0 saturated carbocycles. The third-order valence-electron chi connectivity index (χ3n) is 3.03. The molecule has 0 spiro atoms. The van der Waals surface area contributed by atoms with E-state index in [1.165, 1.54) is 0 Å². The van der Waals surface area contributed by atoms with Crippen LogP contribution in [-0.2, 0) is 14.3 Å². The summed E-state index contributed by atoms with van der Waals surface area (Å²) in [5.74, 6) is -1.06. The highest BCUT2D eigenvalue weighted by molar-refractivity contribution is 5.73. The summed E-state index contributed by atoms with van der Waals surface area (Å²) in [5.41, 5.74) is 5.04. The monoisotopic (exact) mass is 258 g/mol. The van der Waals surface area contributed by atoms with E-state index in [1.807, 2.05) is 0 Å². The predicted molar refractivity (Wildman–Crippen MR) is 66.1 cm³/mol. The molecule has 0 aromatic rings. The Labute approximate surface area is 107 Å². The van der Waals surface area contributed by atoms with E-state index in [-0.39, 0.29) is 18.4 Å². The number of carboxylic acids is 1. The van der Waals surface area contributed by atoms with Crippen molar-refractivity contribution in [1.82, 2.24) is 4.90 Å². The molecular weight excluding hydrogens is 236 g/mol. The van der Waals surface area contributed by atoms with Crippen LogP contribution >= 0.6 is 0 Å². The van der Waals surface area contributed by atoms with Crippen LogP contribution in [0, 0.1) is 0 Å². The number of ether oxygens (including phenoxy) is 1. The Balaban J connectivity index is 2.14. The minimum atomic E-state index is -0.764. The molecule has 1 atom stereocenters. The van der Waals surface area contributed by atoms with Gasteiger partial charge in [0.2, 0.25) is 5.91 Å². The van der Waals surface area contributed by atoms with Gasteiger partial charge in [-0.05, 0) is 25.8 Å². The molecule has 0 radical (unpaired) electrons. The third kappa shape index (κ3) is 6.56. The summed E-state index contributed by atoms with van der Waals surface area (Å²) in [7, 11) is 0. The number of hydrogen-bond donors (Lipinski definition) is 2. The molecule has 0 aliphatic carbocycles. The number of amides is 1. The highest BCUT2D eigenvalue weighted by atomic mass is 16.5. The van der Waals surface area contributed by atoms with Gasteiger partial charge in [-0.2, -0.15) is 0 Å². The normalized spacial score (nSPS) is 20.8. The zero-order valence-electron chi connectivity index (χ0n) is 10.6. The number of carbonyl (C=O) groups excluding carboxylic acids is 1. The van der Waals surface area contributed by atoms with E-state index < -0.39 is 5.97 Å². The van der Waals surface area contributed by atoms with Gasteiger partial charge in [0.15, 0.2) is 0 Å². The van der Waals surface area contributed by atoms with Crippen LogP contribution in [0.4, 0.5) is 0 Å². The number of piperidine rings is 1. The van der Waals surface area contributed by atoms with Crippen LogP contribution in [-0.4, -0.2) is 54.2 Å². The maximum Gasteiger partial charge on any atom is 0.304 e. The first-order chi connectivity index (χ1) is 8.58. The van der Waals surface area contributed by atoms with Crippen LogP contribution in [0.2, 0.25) is 0 Å². The van der Waals surface area contributed by atoms with Gasteiger partial charge in [-0.3, -0.25) is 9.59 Å². The van der Waals surface area contributed by atoms with E-state index in [0.29, 0.717) is 26.0 Å². The van der Waals surface area contributed by atoms with Gasteiger partial charge in [-0.15, -0.1) is 0 Å². The molecule has 0 aromatic heterocycles. The quantitative estimate of drug-likeness (QED) is 0.607. The summed E-state index contributed by atoms with van der Waals surface area (Å²) in [4.78, 5) is 23.2. The Kier molecular flexibility index (Phi) is 6.67. The number of primary amides is 1. The van der Waals surface area contributed by atoms with Gasteiger partial charge in [-0.25, -0.2) is 0 Å². The molecule has 1 aliphatic rings. The average molecular weight is 258 g/mol. The number of nitrogens with zero attached hydrogens (tertiary/aromatic N) is 1.